The molecule has 150 valence electrons. The quantitative estimate of drug-likeness (QED) is 0.220. The number of nitrogens with one attached hydrogen (secondary N) is 1. The molecule has 0 fully saturated rings. The van der Waals surface area contributed by atoms with Gasteiger partial charge in [0.15, 0.2) is 0 Å². The summed E-state index contributed by atoms with van der Waals surface area (Å²) in [7, 11) is 0. The first-order valence-electron chi connectivity index (χ1n) is 9.01. The maximum atomic E-state index is 12.5. The van der Waals surface area contributed by atoms with Crippen molar-refractivity contribution < 1.29 is 14.3 Å². The Labute approximate surface area is 165 Å². The Morgan fingerprint density at radius 3 is 2.57 bits per heavy atom. The van der Waals surface area contributed by atoms with E-state index in [1.54, 1.807) is 12.1 Å². The molecule has 0 atom stereocenters. The number of hydrogen-bond donors (Lipinski definition) is 1. The standard InChI is InChI=1S/C20H27N5O3/c1-5-13-28-17-10-8-16(9-11-17)14-22-18(26)15-25(20(2,3)4)19(27)7-6-12-23-24-21/h1,8-11H,6-7,12-15H2,2-4H3,(H,22,26). The van der Waals surface area contributed by atoms with Crippen molar-refractivity contribution in [2.45, 2.75) is 45.7 Å². The summed E-state index contributed by atoms with van der Waals surface area (Å²) in [6.07, 6.45) is 5.82. The van der Waals surface area contributed by atoms with Crippen molar-refractivity contribution >= 4 is 11.8 Å². The van der Waals surface area contributed by atoms with E-state index in [-0.39, 0.29) is 37.9 Å². The molecule has 0 aliphatic heterocycles. The van der Waals surface area contributed by atoms with Crippen LogP contribution in [0.5, 0.6) is 5.75 Å². The molecular weight excluding hydrogens is 358 g/mol. The second-order valence-corrected chi connectivity index (χ2v) is 7.12. The molecule has 1 aromatic rings. The van der Waals surface area contributed by atoms with Crippen molar-refractivity contribution in [2.24, 2.45) is 5.11 Å². The van der Waals surface area contributed by atoms with Crippen LogP contribution in [0.1, 0.15) is 39.2 Å². The SMILES string of the molecule is C#CCOc1ccc(CNC(=O)CN(C(=O)CCCN=[N+]=[N-])C(C)(C)C)cc1. The molecule has 0 aromatic heterocycles. The number of rotatable bonds is 10. The van der Waals surface area contributed by atoms with E-state index in [1.165, 1.54) is 4.90 Å². The number of carbonyl (C=O) groups excluding carboxylic acids is 2. The smallest absolute Gasteiger partial charge is 0.239 e. The predicted octanol–water partition coefficient (Wildman–Crippen LogP) is 3.03. The van der Waals surface area contributed by atoms with Crippen LogP contribution in [0.3, 0.4) is 0 Å². The summed E-state index contributed by atoms with van der Waals surface area (Å²) in [5.74, 6) is 2.67. The lowest BCUT2D eigenvalue weighted by atomic mass is 10.0. The maximum Gasteiger partial charge on any atom is 0.239 e. The Kier molecular flexibility index (Phi) is 9.41. The van der Waals surface area contributed by atoms with Gasteiger partial charge in [0, 0.05) is 30.0 Å². The number of terminal acetylenes is 1. The van der Waals surface area contributed by atoms with Crippen LogP contribution in [0, 0.1) is 12.3 Å². The van der Waals surface area contributed by atoms with E-state index in [4.69, 9.17) is 16.7 Å². The van der Waals surface area contributed by atoms with Crippen LogP contribution in [-0.2, 0) is 16.1 Å². The summed E-state index contributed by atoms with van der Waals surface area (Å²) in [5.41, 5.74) is 8.70. The average Bonchev–Trinajstić information content (AvgIpc) is 2.66. The van der Waals surface area contributed by atoms with Crippen LogP contribution in [0.15, 0.2) is 29.4 Å². The minimum atomic E-state index is -0.497. The van der Waals surface area contributed by atoms with Gasteiger partial charge in [-0.1, -0.05) is 23.2 Å². The van der Waals surface area contributed by atoms with Gasteiger partial charge in [-0.3, -0.25) is 9.59 Å². The molecule has 0 saturated heterocycles. The minimum Gasteiger partial charge on any atom is -0.481 e. The van der Waals surface area contributed by atoms with Crippen LogP contribution in [0.25, 0.3) is 10.4 Å². The number of ether oxygens (including phenoxy) is 1. The molecule has 0 radical (unpaired) electrons. The molecule has 1 rings (SSSR count). The van der Waals surface area contributed by atoms with Crippen LogP contribution in [0.2, 0.25) is 0 Å². The highest BCUT2D eigenvalue weighted by Gasteiger charge is 2.27. The summed E-state index contributed by atoms with van der Waals surface area (Å²) >= 11 is 0. The van der Waals surface area contributed by atoms with Crippen LogP contribution >= 0.6 is 0 Å². The van der Waals surface area contributed by atoms with Crippen LogP contribution < -0.4 is 10.1 Å². The first kappa shape index (κ1) is 22.9. The van der Waals surface area contributed by atoms with Gasteiger partial charge in [-0.2, -0.15) is 0 Å². The zero-order valence-electron chi connectivity index (χ0n) is 16.6. The second kappa shape index (κ2) is 11.5. The zero-order chi connectivity index (χ0) is 21.0. The summed E-state index contributed by atoms with van der Waals surface area (Å²) < 4.78 is 5.31. The molecule has 8 heteroatoms. The number of benzene rings is 1. The van der Waals surface area contributed by atoms with Crippen molar-refractivity contribution in [2.75, 3.05) is 19.7 Å². The monoisotopic (exact) mass is 385 g/mol. The molecule has 8 nitrogen and oxygen atoms in total. The minimum absolute atomic E-state index is 0.0345. The summed E-state index contributed by atoms with van der Waals surface area (Å²) in [5, 5.41) is 6.25. The lowest BCUT2D eigenvalue weighted by molar-refractivity contribution is -0.140. The summed E-state index contributed by atoms with van der Waals surface area (Å²) in [4.78, 5) is 29.0. The number of nitrogens with zero attached hydrogens (tertiary/aromatic N) is 4. The van der Waals surface area contributed by atoms with Gasteiger partial charge in [-0.25, -0.2) is 0 Å². The van der Waals surface area contributed by atoms with Gasteiger partial charge in [-0.05, 0) is 50.4 Å². The first-order chi connectivity index (χ1) is 13.3. The fourth-order valence-corrected chi connectivity index (χ4v) is 2.41. The molecule has 0 aliphatic rings. The van der Waals surface area contributed by atoms with E-state index in [9.17, 15) is 9.59 Å². The molecule has 1 N–H and O–H groups in total. The molecule has 1 aromatic carbocycles. The topological polar surface area (TPSA) is 107 Å². The number of amides is 2. The van der Waals surface area contributed by atoms with Crippen LogP contribution in [0.4, 0.5) is 0 Å². The Balaban J connectivity index is 2.57. The van der Waals surface area contributed by atoms with Gasteiger partial charge >= 0.3 is 0 Å². The van der Waals surface area contributed by atoms with Gasteiger partial charge in [0.25, 0.3) is 0 Å². The molecule has 2 amide bonds. The normalized spacial score (nSPS) is 10.4. The van der Waals surface area contributed by atoms with E-state index in [0.29, 0.717) is 18.7 Å². The number of azide groups is 1. The van der Waals surface area contributed by atoms with E-state index < -0.39 is 5.54 Å². The molecule has 28 heavy (non-hydrogen) atoms. The molecule has 0 bridgehead atoms. The van der Waals surface area contributed by atoms with E-state index in [1.807, 2.05) is 32.9 Å². The Morgan fingerprint density at radius 2 is 2.00 bits per heavy atom. The van der Waals surface area contributed by atoms with Crippen molar-refractivity contribution in [3.8, 4) is 18.1 Å². The highest BCUT2D eigenvalue weighted by molar-refractivity contribution is 5.85. The average molecular weight is 385 g/mol. The third-order valence-electron chi connectivity index (χ3n) is 3.86. The molecule has 0 heterocycles. The van der Waals surface area contributed by atoms with Crippen molar-refractivity contribution in [1.29, 1.82) is 0 Å². The Morgan fingerprint density at radius 1 is 1.32 bits per heavy atom. The van der Waals surface area contributed by atoms with Crippen molar-refractivity contribution in [3.63, 3.8) is 0 Å². The van der Waals surface area contributed by atoms with E-state index >= 15 is 0 Å². The fraction of sp³-hybridized carbons (Fsp3) is 0.500. The fourth-order valence-electron chi connectivity index (χ4n) is 2.41. The van der Waals surface area contributed by atoms with Gasteiger partial charge in [-0.15, -0.1) is 6.42 Å². The molecule has 0 unspecified atom stereocenters. The zero-order valence-corrected chi connectivity index (χ0v) is 16.6. The second-order valence-electron chi connectivity index (χ2n) is 7.12. The molecule has 0 aliphatic carbocycles. The first-order valence-corrected chi connectivity index (χ1v) is 9.01. The maximum absolute atomic E-state index is 12.5. The van der Waals surface area contributed by atoms with Gasteiger partial charge in [0.2, 0.25) is 11.8 Å². The third kappa shape index (κ3) is 8.47. The van der Waals surface area contributed by atoms with Gasteiger partial charge < -0.3 is 15.0 Å². The Bertz CT molecular complexity index is 741. The molecule has 0 spiro atoms. The van der Waals surface area contributed by atoms with Crippen molar-refractivity contribution in [3.05, 3.63) is 40.3 Å². The Hall–Kier alpha value is -3.17. The highest BCUT2D eigenvalue weighted by Crippen LogP contribution is 2.16. The van der Waals surface area contributed by atoms with E-state index in [2.05, 4.69) is 21.3 Å². The predicted molar refractivity (Wildman–Crippen MR) is 107 cm³/mol. The molecule has 0 saturated carbocycles. The van der Waals surface area contributed by atoms with Crippen molar-refractivity contribution in [1.82, 2.24) is 10.2 Å². The van der Waals surface area contributed by atoms with Gasteiger partial charge in [0.1, 0.15) is 18.9 Å². The highest BCUT2D eigenvalue weighted by atomic mass is 16.5. The number of hydrogen-bond acceptors (Lipinski definition) is 4. The van der Waals surface area contributed by atoms with Gasteiger partial charge in [0.05, 0.1) is 0 Å². The van der Waals surface area contributed by atoms with Crippen LogP contribution in [-0.4, -0.2) is 41.9 Å². The molecular formula is C20H27N5O3. The van der Waals surface area contributed by atoms with E-state index in [0.717, 1.165) is 5.56 Å². The largest absolute Gasteiger partial charge is 0.481 e. The number of carbonyl (C=O) groups is 2. The summed E-state index contributed by atoms with van der Waals surface area (Å²) in [6, 6.07) is 7.25. The lowest BCUT2D eigenvalue weighted by Crippen LogP contribution is -2.50. The lowest BCUT2D eigenvalue weighted by Gasteiger charge is -2.35. The summed E-state index contributed by atoms with van der Waals surface area (Å²) in [6.45, 7) is 6.40. The third-order valence-corrected chi connectivity index (χ3v) is 3.86.